The van der Waals surface area contributed by atoms with Crippen molar-refractivity contribution >= 4 is 39.6 Å². The van der Waals surface area contributed by atoms with Crippen molar-refractivity contribution in [1.29, 1.82) is 0 Å². The number of H-pyrrole nitrogens is 1. The molecule has 1 aliphatic rings. The van der Waals surface area contributed by atoms with Crippen LogP contribution in [0.4, 0.5) is 16.4 Å². The highest BCUT2D eigenvalue weighted by Gasteiger charge is 2.25. The summed E-state index contributed by atoms with van der Waals surface area (Å²) in [6.45, 7) is 0. The van der Waals surface area contributed by atoms with E-state index in [9.17, 15) is 4.79 Å². The van der Waals surface area contributed by atoms with Gasteiger partial charge in [0.1, 0.15) is 5.82 Å². The maximum Gasteiger partial charge on any atom is 0.369 e. The molecule has 0 bridgehead atoms. The third-order valence-electron chi connectivity index (χ3n) is 4.76. The number of benzene rings is 2. The number of aromatic nitrogens is 4. The third kappa shape index (κ3) is 3.79. The van der Waals surface area contributed by atoms with Crippen molar-refractivity contribution in [2.24, 2.45) is 0 Å². The SMILES string of the molecule is O=C(O)Sc1cccc(-c2nc(Nc3cc(C4CC4)[nH]n3)c3ccccc3n2)c1. The van der Waals surface area contributed by atoms with Gasteiger partial charge in [-0.1, -0.05) is 24.3 Å². The summed E-state index contributed by atoms with van der Waals surface area (Å²) in [5.74, 6) is 2.50. The van der Waals surface area contributed by atoms with Gasteiger partial charge in [0.05, 0.1) is 5.52 Å². The molecule has 2 heterocycles. The molecule has 8 heteroatoms. The van der Waals surface area contributed by atoms with E-state index >= 15 is 0 Å². The van der Waals surface area contributed by atoms with E-state index in [0.29, 0.717) is 22.5 Å². The highest BCUT2D eigenvalue weighted by atomic mass is 32.2. The highest BCUT2D eigenvalue weighted by Crippen LogP contribution is 2.40. The molecule has 0 unspecified atom stereocenters. The van der Waals surface area contributed by atoms with Crippen LogP contribution in [0.25, 0.3) is 22.3 Å². The standard InChI is InChI=1S/C21H17N5O2S/c27-21(28)29-14-5-3-4-13(10-14)19-22-16-7-2-1-6-15(16)20(24-19)23-18-11-17(25-26-18)12-8-9-12/h1-7,10-12H,8-9H2,(H,27,28)(H2,22,23,24,25,26). The molecule has 7 nitrogen and oxygen atoms in total. The van der Waals surface area contributed by atoms with E-state index in [4.69, 9.17) is 10.1 Å². The largest absolute Gasteiger partial charge is 0.473 e. The van der Waals surface area contributed by atoms with Crippen molar-refractivity contribution in [3.63, 3.8) is 0 Å². The maximum atomic E-state index is 11.0. The molecule has 144 valence electrons. The molecule has 0 saturated heterocycles. The van der Waals surface area contributed by atoms with Crippen LogP contribution in [0.2, 0.25) is 0 Å². The zero-order valence-electron chi connectivity index (χ0n) is 15.3. The predicted molar refractivity (Wildman–Crippen MR) is 113 cm³/mol. The second kappa shape index (κ2) is 7.21. The molecule has 0 aliphatic heterocycles. The first-order chi connectivity index (χ1) is 14.2. The number of rotatable bonds is 5. The molecule has 0 radical (unpaired) electrons. The molecule has 2 aromatic carbocycles. The van der Waals surface area contributed by atoms with Gasteiger partial charge >= 0.3 is 5.30 Å². The normalized spacial score (nSPS) is 13.5. The second-order valence-corrected chi connectivity index (χ2v) is 7.94. The van der Waals surface area contributed by atoms with E-state index in [2.05, 4.69) is 20.5 Å². The average Bonchev–Trinajstić information content (AvgIpc) is 3.47. The zero-order valence-corrected chi connectivity index (χ0v) is 16.1. The molecule has 1 saturated carbocycles. The van der Waals surface area contributed by atoms with E-state index in [1.807, 2.05) is 42.5 Å². The van der Waals surface area contributed by atoms with Crippen molar-refractivity contribution in [1.82, 2.24) is 20.2 Å². The number of anilines is 2. The van der Waals surface area contributed by atoms with Crippen LogP contribution in [0.3, 0.4) is 0 Å². The summed E-state index contributed by atoms with van der Waals surface area (Å²) in [5, 5.41) is 19.7. The topological polar surface area (TPSA) is 104 Å². The van der Waals surface area contributed by atoms with Gasteiger partial charge in [-0.2, -0.15) is 5.10 Å². The van der Waals surface area contributed by atoms with Gasteiger partial charge in [-0.05, 0) is 48.9 Å². The Morgan fingerprint density at radius 1 is 1.10 bits per heavy atom. The number of nitrogens with one attached hydrogen (secondary N) is 2. The van der Waals surface area contributed by atoms with Gasteiger partial charge in [0, 0.05) is 33.5 Å². The van der Waals surface area contributed by atoms with Crippen molar-refractivity contribution < 1.29 is 9.90 Å². The molecule has 29 heavy (non-hydrogen) atoms. The first-order valence-corrected chi connectivity index (χ1v) is 10.1. The first kappa shape index (κ1) is 17.7. The monoisotopic (exact) mass is 403 g/mol. The summed E-state index contributed by atoms with van der Waals surface area (Å²) >= 11 is 0.760. The lowest BCUT2D eigenvalue weighted by atomic mass is 10.2. The van der Waals surface area contributed by atoms with Crippen molar-refractivity contribution in [2.75, 3.05) is 5.32 Å². The lowest BCUT2D eigenvalue weighted by Crippen LogP contribution is -1.99. The quantitative estimate of drug-likeness (QED) is 0.383. The summed E-state index contributed by atoms with van der Waals surface area (Å²) in [6, 6.07) is 17.0. The van der Waals surface area contributed by atoms with Crippen molar-refractivity contribution in [3.8, 4) is 11.4 Å². The first-order valence-electron chi connectivity index (χ1n) is 9.26. The Hall–Kier alpha value is -3.39. The minimum atomic E-state index is -0.950. The summed E-state index contributed by atoms with van der Waals surface area (Å²) in [4.78, 5) is 21.0. The molecule has 0 amide bonds. The van der Waals surface area contributed by atoms with Crippen LogP contribution in [-0.2, 0) is 0 Å². The molecule has 0 spiro atoms. The Kier molecular flexibility index (Phi) is 4.40. The van der Waals surface area contributed by atoms with Crippen molar-refractivity contribution in [3.05, 3.63) is 60.3 Å². The van der Waals surface area contributed by atoms with E-state index in [0.717, 1.165) is 39.7 Å². The number of para-hydroxylation sites is 1. The van der Waals surface area contributed by atoms with Gasteiger partial charge in [-0.15, -0.1) is 0 Å². The molecule has 3 N–H and O–H groups in total. The molecule has 2 aromatic heterocycles. The molecule has 1 aliphatic carbocycles. The fraction of sp³-hybridized carbons (Fsp3) is 0.143. The van der Waals surface area contributed by atoms with E-state index < -0.39 is 5.30 Å². The Morgan fingerprint density at radius 3 is 2.79 bits per heavy atom. The third-order valence-corrected chi connectivity index (χ3v) is 5.43. The maximum absolute atomic E-state index is 11.0. The van der Waals surface area contributed by atoms with Gasteiger partial charge in [-0.25, -0.2) is 14.8 Å². The predicted octanol–water partition coefficient (Wildman–Crippen LogP) is 5.41. The Morgan fingerprint density at radius 2 is 1.97 bits per heavy atom. The summed E-state index contributed by atoms with van der Waals surface area (Å²) < 4.78 is 0. The lowest BCUT2D eigenvalue weighted by molar-refractivity contribution is 0.222. The molecular formula is C21H17N5O2S. The zero-order chi connectivity index (χ0) is 19.8. The van der Waals surface area contributed by atoms with Gasteiger partial charge in [0.15, 0.2) is 11.6 Å². The van der Waals surface area contributed by atoms with Crippen LogP contribution in [-0.4, -0.2) is 30.6 Å². The van der Waals surface area contributed by atoms with Crippen LogP contribution in [0.1, 0.15) is 24.5 Å². The second-order valence-electron chi connectivity index (χ2n) is 6.92. The number of nitrogens with zero attached hydrogens (tertiary/aromatic N) is 3. The highest BCUT2D eigenvalue weighted by molar-refractivity contribution is 8.13. The fourth-order valence-electron chi connectivity index (χ4n) is 3.23. The molecule has 0 atom stereocenters. The Balaban J connectivity index is 1.55. The van der Waals surface area contributed by atoms with Gasteiger partial charge in [0.25, 0.3) is 0 Å². The van der Waals surface area contributed by atoms with Gasteiger partial charge in [-0.3, -0.25) is 5.10 Å². The van der Waals surface area contributed by atoms with Crippen LogP contribution < -0.4 is 5.32 Å². The molecule has 5 rings (SSSR count). The summed E-state index contributed by atoms with van der Waals surface area (Å²) in [7, 11) is 0. The number of carbonyl (C=O) groups is 1. The fourth-order valence-corrected chi connectivity index (χ4v) is 3.76. The van der Waals surface area contributed by atoms with E-state index in [1.54, 1.807) is 12.1 Å². The average molecular weight is 403 g/mol. The number of aromatic amines is 1. The summed E-state index contributed by atoms with van der Waals surface area (Å²) in [5.41, 5.74) is 2.70. The van der Waals surface area contributed by atoms with Crippen LogP contribution in [0, 0.1) is 0 Å². The van der Waals surface area contributed by atoms with Gasteiger partial charge in [0.2, 0.25) is 0 Å². The smallest absolute Gasteiger partial charge is 0.369 e. The minimum absolute atomic E-state index is 0.525. The number of hydrogen-bond donors (Lipinski definition) is 3. The Bertz CT molecular complexity index is 1220. The minimum Gasteiger partial charge on any atom is -0.473 e. The van der Waals surface area contributed by atoms with E-state index in [-0.39, 0.29) is 0 Å². The van der Waals surface area contributed by atoms with Crippen LogP contribution >= 0.6 is 11.8 Å². The number of carboxylic acid groups (broad SMARTS) is 1. The van der Waals surface area contributed by atoms with E-state index in [1.165, 1.54) is 12.8 Å². The molecule has 1 fully saturated rings. The molecule has 4 aromatic rings. The van der Waals surface area contributed by atoms with Crippen LogP contribution in [0.15, 0.2) is 59.5 Å². The lowest BCUT2D eigenvalue weighted by Gasteiger charge is -2.10. The van der Waals surface area contributed by atoms with Crippen LogP contribution in [0.5, 0.6) is 0 Å². The Labute approximate surface area is 170 Å². The van der Waals surface area contributed by atoms with Crippen molar-refractivity contribution in [2.45, 2.75) is 23.7 Å². The number of hydrogen-bond acceptors (Lipinski definition) is 6. The number of thioether (sulfide) groups is 1. The number of fused-ring (bicyclic) bond motifs is 1. The summed E-state index contributed by atoms with van der Waals surface area (Å²) in [6.07, 6.45) is 2.40. The van der Waals surface area contributed by atoms with Gasteiger partial charge < -0.3 is 10.4 Å². The molecular weight excluding hydrogens is 386 g/mol.